The van der Waals surface area contributed by atoms with Crippen LogP contribution in [-0.4, -0.2) is 56.7 Å². The molecule has 1 atom stereocenters. The van der Waals surface area contributed by atoms with E-state index in [1.54, 1.807) is 6.33 Å². The van der Waals surface area contributed by atoms with Crippen molar-refractivity contribution in [2.24, 2.45) is 7.05 Å². The maximum atomic E-state index is 11.9. The molecule has 0 bridgehead atoms. The second kappa shape index (κ2) is 7.75. The predicted octanol–water partition coefficient (Wildman–Crippen LogP) is 1.64. The van der Waals surface area contributed by atoms with Crippen molar-refractivity contribution in [3.05, 3.63) is 60.2 Å². The van der Waals surface area contributed by atoms with E-state index < -0.39 is 0 Å². The molecule has 4 heterocycles. The van der Waals surface area contributed by atoms with Crippen LogP contribution in [0.5, 0.6) is 0 Å². The molecule has 0 saturated carbocycles. The highest BCUT2D eigenvalue weighted by Gasteiger charge is 2.33. The zero-order valence-electron chi connectivity index (χ0n) is 16.8. The van der Waals surface area contributed by atoms with Gasteiger partial charge in [-0.05, 0) is 11.6 Å². The molecular formula is C21H24N8O. The molecule has 0 aliphatic carbocycles. The Bertz CT molecular complexity index is 1050. The van der Waals surface area contributed by atoms with Crippen LogP contribution >= 0.6 is 0 Å². The summed E-state index contributed by atoms with van der Waals surface area (Å²) in [5.74, 6) is 1.35. The van der Waals surface area contributed by atoms with E-state index in [0.29, 0.717) is 11.5 Å². The molecule has 1 amide bonds. The van der Waals surface area contributed by atoms with Crippen molar-refractivity contribution >= 4 is 23.2 Å². The first kappa shape index (κ1) is 18.6. The summed E-state index contributed by atoms with van der Waals surface area (Å²) in [5.41, 5.74) is 3.10. The smallest absolute Gasteiger partial charge is 0.243 e. The summed E-state index contributed by atoms with van der Waals surface area (Å²) in [4.78, 5) is 25.4. The molecule has 0 spiro atoms. The first-order valence-electron chi connectivity index (χ1n) is 10.1. The summed E-state index contributed by atoms with van der Waals surface area (Å²) in [6.07, 6.45) is 3.39. The fraction of sp³-hybridized carbons (Fsp3) is 0.333. The summed E-state index contributed by atoms with van der Waals surface area (Å²) < 4.78 is 1.94. The first-order chi connectivity index (χ1) is 14.7. The van der Waals surface area contributed by atoms with E-state index in [2.05, 4.69) is 65.8 Å². The first-order valence-corrected chi connectivity index (χ1v) is 10.1. The highest BCUT2D eigenvalue weighted by molar-refractivity contribution is 6.02. The van der Waals surface area contributed by atoms with E-state index in [1.807, 2.05) is 24.0 Å². The summed E-state index contributed by atoms with van der Waals surface area (Å²) in [5, 5.41) is 10.4. The van der Waals surface area contributed by atoms with Crippen LogP contribution in [0.4, 0.5) is 17.3 Å². The normalized spacial score (nSPS) is 19.2. The number of anilines is 3. The molecule has 9 nitrogen and oxygen atoms in total. The number of hydrogen-bond donors (Lipinski definition) is 2. The lowest BCUT2D eigenvalue weighted by Crippen LogP contribution is -2.49. The molecule has 2 aromatic heterocycles. The second-order valence-corrected chi connectivity index (χ2v) is 7.62. The largest absolute Gasteiger partial charge is 0.359 e. The number of fused-ring (bicyclic) bond motifs is 1. The van der Waals surface area contributed by atoms with Gasteiger partial charge in [0.25, 0.3) is 0 Å². The molecule has 2 aliphatic heterocycles. The molecule has 154 valence electrons. The molecule has 0 radical (unpaired) electrons. The van der Waals surface area contributed by atoms with E-state index in [1.165, 1.54) is 5.56 Å². The highest BCUT2D eigenvalue weighted by Crippen LogP contribution is 2.35. The van der Waals surface area contributed by atoms with Gasteiger partial charge in [0, 0.05) is 39.4 Å². The molecule has 1 saturated heterocycles. The SMILES string of the molecule is Cn1nccc1C1CN(c2ncnc3c2NC(=O)CN3)CCN1Cc1ccccc1. The standard InChI is InChI=1S/C21H24N8O/c1-27-16(7-8-25-27)17-13-29(10-9-28(17)12-15-5-3-2-4-6-15)21-19-20(23-14-24-21)22-11-18(30)26-19/h2-8,14,17H,9-13H2,1H3,(H,26,30)(H,22,23,24). The van der Waals surface area contributed by atoms with Gasteiger partial charge in [-0.2, -0.15) is 5.10 Å². The Morgan fingerprint density at radius 2 is 2.00 bits per heavy atom. The molecular weight excluding hydrogens is 380 g/mol. The topological polar surface area (TPSA) is 91.2 Å². The predicted molar refractivity (Wildman–Crippen MR) is 114 cm³/mol. The van der Waals surface area contributed by atoms with Crippen LogP contribution < -0.4 is 15.5 Å². The zero-order valence-corrected chi connectivity index (χ0v) is 16.8. The van der Waals surface area contributed by atoms with E-state index >= 15 is 0 Å². The van der Waals surface area contributed by atoms with Gasteiger partial charge in [-0.3, -0.25) is 14.4 Å². The number of carbonyl (C=O) groups excluding carboxylic acids is 1. The monoisotopic (exact) mass is 404 g/mol. The molecule has 1 unspecified atom stereocenters. The lowest BCUT2D eigenvalue weighted by atomic mass is 10.1. The molecule has 2 aliphatic rings. The number of rotatable bonds is 4. The fourth-order valence-corrected chi connectivity index (χ4v) is 4.22. The van der Waals surface area contributed by atoms with Crippen LogP contribution in [0.3, 0.4) is 0 Å². The minimum Gasteiger partial charge on any atom is -0.359 e. The van der Waals surface area contributed by atoms with E-state index in [0.717, 1.165) is 37.7 Å². The Labute approximate surface area is 174 Å². The van der Waals surface area contributed by atoms with Gasteiger partial charge in [0.15, 0.2) is 11.6 Å². The van der Waals surface area contributed by atoms with Crippen LogP contribution in [0.1, 0.15) is 17.3 Å². The molecule has 9 heteroatoms. The average Bonchev–Trinajstić information content (AvgIpc) is 3.20. The Morgan fingerprint density at radius 1 is 1.13 bits per heavy atom. The van der Waals surface area contributed by atoms with E-state index in [4.69, 9.17) is 0 Å². The Hall–Kier alpha value is -3.46. The molecule has 2 N–H and O–H groups in total. The number of amides is 1. The van der Waals surface area contributed by atoms with Crippen LogP contribution in [0.15, 0.2) is 48.9 Å². The summed E-state index contributed by atoms with van der Waals surface area (Å²) >= 11 is 0. The molecule has 3 aromatic rings. The third-order valence-electron chi connectivity index (χ3n) is 5.73. The van der Waals surface area contributed by atoms with Crippen molar-refractivity contribution in [1.29, 1.82) is 0 Å². The lowest BCUT2D eigenvalue weighted by Gasteiger charge is -2.42. The summed E-state index contributed by atoms with van der Waals surface area (Å²) in [6.45, 7) is 3.51. The van der Waals surface area contributed by atoms with Crippen molar-refractivity contribution in [3.8, 4) is 0 Å². The van der Waals surface area contributed by atoms with Crippen LogP contribution in [0.2, 0.25) is 0 Å². The third kappa shape index (κ3) is 3.48. The average molecular weight is 404 g/mol. The molecule has 1 fully saturated rings. The van der Waals surface area contributed by atoms with E-state index in [9.17, 15) is 4.79 Å². The van der Waals surface area contributed by atoms with Crippen molar-refractivity contribution in [1.82, 2.24) is 24.6 Å². The highest BCUT2D eigenvalue weighted by atomic mass is 16.2. The molecule has 30 heavy (non-hydrogen) atoms. The minimum absolute atomic E-state index is 0.0792. The van der Waals surface area contributed by atoms with Gasteiger partial charge in [-0.15, -0.1) is 0 Å². The number of carbonyl (C=O) groups is 1. The third-order valence-corrected chi connectivity index (χ3v) is 5.73. The van der Waals surface area contributed by atoms with E-state index in [-0.39, 0.29) is 18.5 Å². The van der Waals surface area contributed by atoms with Crippen molar-refractivity contribution < 1.29 is 4.79 Å². The Morgan fingerprint density at radius 3 is 2.80 bits per heavy atom. The van der Waals surface area contributed by atoms with Gasteiger partial charge < -0.3 is 15.5 Å². The van der Waals surface area contributed by atoms with Crippen LogP contribution in [0.25, 0.3) is 0 Å². The maximum Gasteiger partial charge on any atom is 0.243 e. The van der Waals surface area contributed by atoms with Crippen LogP contribution in [0, 0.1) is 0 Å². The summed E-state index contributed by atoms with van der Waals surface area (Å²) in [6, 6.07) is 12.7. The lowest BCUT2D eigenvalue weighted by molar-refractivity contribution is -0.114. The maximum absolute atomic E-state index is 11.9. The van der Waals surface area contributed by atoms with Crippen molar-refractivity contribution in [3.63, 3.8) is 0 Å². The van der Waals surface area contributed by atoms with Gasteiger partial charge in [-0.1, -0.05) is 30.3 Å². The van der Waals surface area contributed by atoms with Gasteiger partial charge in [0.1, 0.15) is 12.0 Å². The number of aryl methyl sites for hydroxylation is 1. The Balaban J connectivity index is 1.46. The molecule has 1 aromatic carbocycles. The van der Waals surface area contributed by atoms with Gasteiger partial charge in [0.2, 0.25) is 5.91 Å². The van der Waals surface area contributed by atoms with Gasteiger partial charge in [-0.25, -0.2) is 9.97 Å². The van der Waals surface area contributed by atoms with Gasteiger partial charge >= 0.3 is 0 Å². The Kier molecular flexibility index (Phi) is 4.80. The fourth-order valence-electron chi connectivity index (χ4n) is 4.22. The zero-order chi connectivity index (χ0) is 20.5. The van der Waals surface area contributed by atoms with Crippen molar-refractivity contribution in [2.45, 2.75) is 12.6 Å². The summed E-state index contributed by atoms with van der Waals surface area (Å²) in [7, 11) is 1.98. The number of nitrogens with zero attached hydrogens (tertiary/aromatic N) is 6. The number of nitrogens with one attached hydrogen (secondary N) is 2. The quantitative estimate of drug-likeness (QED) is 0.683. The number of hydrogen-bond acceptors (Lipinski definition) is 7. The van der Waals surface area contributed by atoms with Gasteiger partial charge in [0.05, 0.1) is 18.3 Å². The second-order valence-electron chi connectivity index (χ2n) is 7.62. The number of benzene rings is 1. The number of piperazine rings is 1. The number of aromatic nitrogens is 4. The molecule has 5 rings (SSSR count). The van der Waals surface area contributed by atoms with Crippen LogP contribution in [-0.2, 0) is 18.4 Å². The minimum atomic E-state index is -0.0792. The van der Waals surface area contributed by atoms with Crippen molar-refractivity contribution in [2.75, 3.05) is 41.7 Å².